The first-order valence-electron chi connectivity index (χ1n) is 18.6. The standard InChI is InChI=1S/C43H56N2O2.H2O4S/c1-7-44(8-2)29-31-46-40-25-21-36(22-26-40)34(5)42(38-17-13-11-14-18-38)33-43(42,39-19-15-12-16-20-39)35(6)37-23-27-41(28-24-37)47-32-30-45(9-3)10-4;1-5(2,3)4/h11-28,34-35H,7-10,29-33H2,1-6H3;(H2,1,2,3,4). The molecular weight excluding hydrogens is 673 g/mol. The average molecular weight is 731 g/mol. The van der Waals surface area contributed by atoms with Crippen LogP contribution >= 0.6 is 0 Å². The minimum absolute atomic E-state index is 0.0703. The van der Waals surface area contributed by atoms with Crippen molar-refractivity contribution in [3.05, 3.63) is 131 Å². The molecule has 282 valence electrons. The Morgan fingerprint density at radius 2 is 0.885 bits per heavy atom. The van der Waals surface area contributed by atoms with Gasteiger partial charge in [0.25, 0.3) is 0 Å². The maximum absolute atomic E-state index is 8.74. The van der Waals surface area contributed by atoms with Crippen molar-refractivity contribution in [1.29, 1.82) is 0 Å². The van der Waals surface area contributed by atoms with Crippen molar-refractivity contribution in [2.75, 3.05) is 52.5 Å². The van der Waals surface area contributed by atoms with E-state index in [9.17, 15) is 0 Å². The van der Waals surface area contributed by atoms with Gasteiger partial charge in [0, 0.05) is 23.9 Å². The number of benzene rings is 4. The smallest absolute Gasteiger partial charge is 0.394 e. The van der Waals surface area contributed by atoms with E-state index in [1.807, 2.05) is 0 Å². The summed E-state index contributed by atoms with van der Waals surface area (Å²) in [7, 11) is -4.67. The van der Waals surface area contributed by atoms with Gasteiger partial charge < -0.3 is 19.3 Å². The Balaban J connectivity index is 0.00000113. The molecule has 4 unspecified atom stereocenters. The van der Waals surface area contributed by atoms with Crippen LogP contribution in [0.3, 0.4) is 0 Å². The molecule has 4 aromatic carbocycles. The molecule has 0 aliphatic heterocycles. The highest BCUT2D eigenvalue weighted by atomic mass is 32.3. The van der Waals surface area contributed by atoms with Crippen LogP contribution in [0.1, 0.15) is 82.1 Å². The van der Waals surface area contributed by atoms with Crippen LogP contribution in [0.2, 0.25) is 0 Å². The van der Waals surface area contributed by atoms with Crippen molar-refractivity contribution in [2.45, 2.75) is 70.6 Å². The highest BCUT2D eigenvalue weighted by Crippen LogP contribution is 2.75. The quantitative estimate of drug-likeness (QED) is 0.0982. The molecule has 4 atom stereocenters. The van der Waals surface area contributed by atoms with Crippen LogP contribution < -0.4 is 9.47 Å². The van der Waals surface area contributed by atoms with Crippen molar-refractivity contribution in [3.8, 4) is 11.5 Å². The van der Waals surface area contributed by atoms with Crippen molar-refractivity contribution < 1.29 is 27.0 Å². The average Bonchev–Trinajstić information content (AvgIpc) is 3.88. The molecule has 8 nitrogen and oxygen atoms in total. The van der Waals surface area contributed by atoms with E-state index in [0.29, 0.717) is 25.0 Å². The molecule has 2 N–H and O–H groups in total. The lowest BCUT2D eigenvalue weighted by molar-refractivity contribution is 0.222. The van der Waals surface area contributed by atoms with Gasteiger partial charge in [0.05, 0.1) is 0 Å². The van der Waals surface area contributed by atoms with Gasteiger partial charge in [-0.1, -0.05) is 126 Å². The van der Waals surface area contributed by atoms with E-state index in [1.54, 1.807) is 0 Å². The number of nitrogens with zero attached hydrogens (tertiary/aromatic N) is 2. The fraction of sp³-hybridized carbons (Fsp3) is 0.442. The highest BCUT2D eigenvalue weighted by Gasteiger charge is 2.72. The van der Waals surface area contributed by atoms with E-state index >= 15 is 0 Å². The summed E-state index contributed by atoms with van der Waals surface area (Å²) in [5, 5.41) is 0. The van der Waals surface area contributed by atoms with E-state index in [1.165, 1.54) is 22.3 Å². The number of rotatable bonds is 18. The summed E-state index contributed by atoms with van der Waals surface area (Å²) in [4.78, 5) is 4.79. The summed E-state index contributed by atoms with van der Waals surface area (Å²) in [6.45, 7) is 21.2. The molecule has 4 aromatic rings. The van der Waals surface area contributed by atoms with Gasteiger partial charge in [-0.15, -0.1) is 0 Å². The Bertz CT molecular complexity index is 1610. The minimum Gasteiger partial charge on any atom is -0.492 e. The van der Waals surface area contributed by atoms with E-state index in [0.717, 1.165) is 57.2 Å². The predicted octanol–water partition coefficient (Wildman–Crippen LogP) is 8.66. The summed E-state index contributed by atoms with van der Waals surface area (Å²) in [5.74, 6) is 2.47. The summed E-state index contributed by atoms with van der Waals surface area (Å²) in [6, 6.07) is 40.4. The Hall–Kier alpha value is -3.73. The zero-order chi connectivity index (χ0) is 37.8. The first-order chi connectivity index (χ1) is 24.9. The molecule has 0 radical (unpaired) electrons. The van der Waals surface area contributed by atoms with Crippen LogP contribution in [0.5, 0.6) is 11.5 Å². The lowest BCUT2D eigenvalue weighted by atomic mass is 9.66. The molecule has 1 aliphatic carbocycles. The zero-order valence-electron chi connectivity index (χ0n) is 31.7. The molecule has 52 heavy (non-hydrogen) atoms. The lowest BCUT2D eigenvalue weighted by Gasteiger charge is -2.36. The molecule has 0 spiro atoms. The predicted molar refractivity (Wildman–Crippen MR) is 211 cm³/mol. The van der Waals surface area contributed by atoms with Gasteiger partial charge in [0.2, 0.25) is 0 Å². The third-order valence-corrected chi connectivity index (χ3v) is 11.2. The first kappa shape index (κ1) is 41.0. The topological polar surface area (TPSA) is 99.5 Å². The molecule has 1 fully saturated rings. The van der Waals surface area contributed by atoms with Crippen LogP contribution in [0.15, 0.2) is 109 Å². The van der Waals surface area contributed by atoms with Crippen LogP contribution in [-0.4, -0.2) is 79.8 Å². The molecule has 9 heteroatoms. The maximum atomic E-state index is 8.74. The van der Waals surface area contributed by atoms with E-state index in [2.05, 4.69) is 161 Å². The number of ether oxygens (including phenoxy) is 2. The first-order valence-corrected chi connectivity index (χ1v) is 20.0. The monoisotopic (exact) mass is 730 g/mol. The third kappa shape index (κ3) is 10.0. The molecule has 1 aliphatic rings. The van der Waals surface area contributed by atoms with Gasteiger partial charge in [-0.25, -0.2) is 0 Å². The molecule has 0 amide bonds. The maximum Gasteiger partial charge on any atom is 0.394 e. The second-order valence-electron chi connectivity index (χ2n) is 13.6. The second-order valence-corrected chi connectivity index (χ2v) is 14.5. The van der Waals surface area contributed by atoms with Crippen LogP contribution in [0, 0.1) is 0 Å². The molecule has 0 heterocycles. The summed E-state index contributed by atoms with van der Waals surface area (Å²) in [5.41, 5.74) is 5.40. The van der Waals surface area contributed by atoms with E-state index < -0.39 is 10.4 Å². The SMILES string of the molecule is CCN(CC)CCOc1ccc(C(C)C2(c3ccccc3)CC2(c2ccccc2)C(C)c2ccc(OCCN(CC)CC)cc2)cc1.O=S(=O)(O)O. The molecule has 0 saturated heterocycles. The molecule has 1 saturated carbocycles. The van der Waals surface area contributed by atoms with Crippen LogP contribution in [0.4, 0.5) is 0 Å². The van der Waals surface area contributed by atoms with Crippen LogP contribution in [0.25, 0.3) is 0 Å². The molecule has 0 aromatic heterocycles. The third-order valence-electron chi connectivity index (χ3n) is 11.2. The second kappa shape index (κ2) is 18.9. The van der Waals surface area contributed by atoms with E-state index in [-0.39, 0.29) is 10.8 Å². The largest absolute Gasteiger partial charge is 0.492 e. The van der Waals surface area contributed by atoms with Crippen molar-refractivity contribution in [1.82, 2.24) is 9.80 Å². The van der Waals surface area contributed by atoms with Crippen LogP contribution in [-0.2, 0) is 21.2 Å². The molecule has 5 rings (SSSR count). The van der Waals surface area contributed by atoms with Gasteiger partial charge in [-0.2, -0.15) is 8.42 Å². The fourth-order valence-electron chi connectivity index (χ4n) is 8.10. The number of likely N-dealkylation sites (N-methyl/N-ethyl adjacent to an activating group) is 2. The Morgan fingerprint density at radius 1 is 0.577 bits per heavy atom. The highest BCUT2D eigenvalue weighted by molar-refractivity contribution is 7.79. The fourth-order valence-corrected chi connectivity index (χ4v) is 8.10. The van der Waals surface area contributed by atoms with Crippen molar-refractivity contribution >= 4 is 10.4 Å². The lowest BCUT2D eigenvalue weighted by Crippen LogP contribution is -2.32. The van der Waals surface area contributed by atoms with Gasteiger partial charge in [0.1, 0.15) is 24.7 Å². The van der Waals surface area contributed by atoms with E-state index in [4.69, 9.17) is 27.0 Å². The van der Waals surface area contributed by atoms with Gasteiger partial charge >= 0.3 is 10.4 Å². The Labute approximate surface area is 312 Å². The van der Waals surface area contributed by atoms with Gasteiger partial charge in [-0.05, 0) is 91.0 Å². The molecular formula is C43H58N2O6S. The molecule has 0 bridgehead atoms. The summed E-state index contributed by atoms with van der Waals surface area (Å²) < 4.78 is 43.9. The normalized spacial score (nSPS) is 19.4. The van der Waals surface area contributed by atoms with Crippen molar-refractivity contribution in [2.24, 2.45) is 0 Å². The number of hydrogen-bond acceptors (Lipinski definition) is 6. The van der Waals surface area contributed by atoms with Crippen molar-refractivity contribution in [3.63, 3.8) is 0 Å². The zero-order valence-corrected chi connectivity index (χ0v) is 32.6. The number of hydrogen-bond donors (Lipinski definition) is 2. The van der Waals surface area contributed by atoms with Gasteiger partial charge in [0.15, 0.2) is 0 Å². The Morgan fingerprint density at radius 3 is 1.17 bits per heavy atom. The Kier molecular flexibility index (Phi) is 14.9. The minimum atomic E-state index is -4.67. The summed E-state index contributed by atoms with van der Waals surface area (Å²) in [6.07, 6.45) is 1.08. The summed E-state index contributed by atoms with van der Waals surface area (Å²) >= 11 is 0. The van der Waals surface area contributed by atoms with Gasteiger partial charge in [-0.3, -0.25) is 9.11 Å².